The molecule has 0 aliphatic carbocycles. The number of rotatable bonds is 15. The Balaban J connectivity index is 0.00000702. The van der Waals surface area contributed by atoms with Crippen molar-refractivity contribution in [2.45, 2.75) is 13.0 Å². The molecule has 1 heterocycles. The molecule has 3 aromatic carbocycles. The number of carbonyl (C=O) groups excluding carboxylic acids is 3. The number of pyridine rings is 1. The minimum atomic E-state index is -3.75. The van der Waals surface area contributed by atoms with E-state index in [0.717, 1.165) is 0 Å². The van der Waals surface area contributed by atoms with E-state index in [9.17, 15) is 23.7 Å². The average Bonchev–Trinajstić information content (AvgIpc) is 3.08. The largest absolute Gasteiger partial charge is 0.496 e. The fourth-order valence-corrected chi connectivity index (χ4v) is 6.10. The molecular formula is C32H33Cl2N4O12P. The molecule has 0 saturated heterocycles. The van der Waals surface area contributed by atoms with E-state index in [4.69, 9.17) is 44.9 Å². The number of ether oxygens (including phenoxy) is 5. The summed E-state index contributed by atoms with van der Waals surface area (Å²) in [5.74, 6) is -1.12. The minimum Gasteiger partial charge on any atom is -0.496 e. The van der Waals surface area contributed by atoms with Gasteiger partial charge in [0.15, 0.2) is 0 Å². The number of amides is 3. The van der Waals surface area contributed by atoms with Gasteiger partial charge in [-0.15, -0.1) is 12.4 Å². The number of nitrogens with zero attached hydrogens (tertiary/aromatic N) is 1. The number of alkyl carbamates (subject to hydrolysis) is 1. The van der Waals surface area contributed by atoms with Crippen LogP contribution in [0.5, 0.6) is 23.0 Å². The maximum atomic E-state index is 13.1. The number of methoxy groups -OCH3 is 2. The van der Waals surface area contributed by atoms with Crippen molar-refractivity contribution in [1.82, 2.24) is 15.4 Å². The summed E-state index contributed by atoms with van der Waals surface area (Å²) in [4.78, 5) is 53.2. The van der Waals surface area contributed by atoms with Crippen molar-refractivity contribution < 1.29 is 57.1 Å². The number of nitrogens with one attached hydrogen (secondary N) is 3. The lowest BCUT2D eigenvalue weighted by atomic mass is 10.1. The van der Waals surface area contributed by atoms with Crippen LogP contribution in [0.25, 0.3) is 10.9 Å². The molecule has 1 aromatic heterocycles. The Hall–Kier alpha value is -4.96. The van der Waals surface area contributed by atoms with Gasteiger partial charge >= 0.3 is 18.2 Å². The molecule has 19 heteroatoms. The molecule has 0 radical (unpaired) electrons. The molecule has 16 nitrogen and oxygen atoms in total. The van der Waals surface area contributed by atoms with Crippen LogP contribution in [0.15, 0.2) is 72.9 Å². The van der Waals surface area contributed by atoms with Crippen LogP contribution < -0.4 is 29.9 Å². The Labute approximate surface area is 302 Å². The predicted molar refractivity (Wildman–Crippen MR) is 188 cm³/mol. The molecule has 2 atom stereocenters. The van der Waals surface area contributed by atoms with Crippen LogP contribution in [0.1, 0.15) is 17.3 Å². The van der Waals surface area contributed by atoms with Gasteiger partial charge in [-0.25, -0.2) is 14.7 Å². The van der Waals surface area contributed by atoms with Gasteiger partial charge in [0.25, 0.3) is 13.4 Å². The lowest BCUT2D eigenvalue weighted by Gasteiger charge is -2.21. The number of imide groups is 1. The average molecular weight is 768 g/mol. The summed E-state index contributed by atoms with van der Waals surface area (Å²) in [6.07, 6.45) is -0.834. The van der Waals surface area contributed by atoms with Crippen molar-refractivity contribution in [2.75, 3.05) is 39.1 Å². The van der Waals surface area contributed by atoms with Crippen molar-refractivity contribution in [1.29, 1.82) is 0 Å². The first-order valence-electron chi connectivity index (χ1n) is 14.6. The molecule has 4 N–H and O–H groups in total. The monoisotopic (exact) mass is 766 g/mol. The quantitative estimate of drug-likeness (QED) is 0.0756. The van der Waals surface area contributed by atoms with Crippen LogP contribution in [0.2, 0.25) is 5.02 Å². The van der Waals surface area contributed by atoms with Crippen LogP contribution in [0.4, 0.5) is 15.3 Å². The highest BCUT2D eigenvalue weighted by Gasteiger charge is 2.28. The fourth-order valence-electron chi connectivity index (χ4n) is 4.25. The van der Waals surface area contributed by atoms with Crippen LogP contribution in [0.3, 0.4) is 0 Å². The molecular weight excluding hydrogens is 734 g/mol. The third kappa shape index (κ3) is 11.5. The number of hydrogen-bond acceptors (Lipinski definition) is 12. The van der Waals surface area contributed by atoms with Gasteiger partial charge in [0, 0.05) is 30.8 Å². The zero-order chi connectivity index (χ0) is 36.3. The third-order valence-electron chi connectivity index (χ3n) is 6.52. The summed E-state index contributed by atoms with van der Waals surface area (Å²) < 4.78 is 44.5. The summed E-state index contributed by atoms with van der Waals surface area (Å²) >= 11 is 6.40. The molecule has 0 aliphatic rings. The number of anilines is 1. The van der Waals surface area contributed by atoms with Crippen LogP contribution in [-0.2, 0) is 23.4 Å². The number of para-hydroxylation sites is 1. The second-order valence-electron chi connectivity index (χ2n) is 10.2. The van der Waals surface area contributed by atoms with Gasteiger partial charge in [0.1, 0.15) is 42.0 Å². The lowest BCUT2D eigenvalue weighted by molar-refractivity contribution is -0.138. The number of hydrogen-bond donors (Lipinski definition) is 4. The topological polar surface area (TPSA) is 210 Å². The summed E-state index contributed by atoms with van der Waals surface area (Å²) in [5, 5.41) is 16.6. The molecule has 0 aliphatic heterocycles. The first-order chi connectivity index (χ1) is 23.9. The molecule has 3 amide bonds. The van der Waals surface area contributed by atoms with E-state index in [-0.39, 0.29) is 40.2 Å². The zero-order valence-corrected chi connectivity index (χ0v) is 29.7. The van der Waals surface area contributed by atoms with E-state index in [1.165, 1.54) is 51.6 Å². The molecule has 4 rings (SSSR count). The van der Waals surface area contributed by atoms with E-state index in [0.29, 0.717) is 22.4 Å². The maximum absolute atomic E-state index is 13.1. The SMILES string of the molecule is COCP(=O)(NC(C)C(=O)O)OCCOC(=O)NC(=O)c1cc2c(Oc3ccc(NC(=O)Oc4ccccc4)c(Cl)c3)ccnc2cc1OC.Cl. The summed E-state index contributed by atoms with van der Waals surface area (Å²) in [6, 6.07) is 16.3. The summed E-state index contributed by atoms with van der Waals surface area (Å²) in [7, 11) is -1.16. The second kappa shape index (κ2) is 18.9. The standard InChI is InChI=1S/C32H32ClN4O12P.ClH/c1-19(30(39)40)37-50(43,18-44-2)47-14-13-46-31(41)36-29(38)23-16-22-26(17-28(23)45-3)34-12-11-27(22)48-21-9-10-25(24(33)15-21)35-32(42)49-20-7-5-4-6-8-20;/h4-12,15-17,19H,13-14,18H2,1-3H3,(H,35,42)(H,37,43)(H,39,40)(H,36,38,41);1H. The highest BCUT2D eigenvalue weighted by atomic mass is 35.5. The zero-order valence-electron chi connectivity index (χ0n) is 27.2. The molecule has 2 unspecified atom stereocenters. The van der Waals surface area contributed by atoms with Gasteiger partial charge in [0.2, 0.25) is 0 Å². The number of fused-ring (bicyclic) bond motifs is 1. The molecule has 51 heavy (non-hydrogen) atoms. The van der Waals surface area contributed by atoms with E-state index in [2.05, 4.69) is 20.7 Å². The summed E-state index contributed by atoms with van der Waals surface area (Å²) in [6.45, 7) is 0.444. The van der Waals surface area contributed by atoms with Crippen LogP contribution in [0, 0.1) is 0 Å². The van der Waals surface area contributed by atoms with E-state index in [1.807, 2.05) is 0 Å². The van der Waals surface area contributed by atoms with E-state index < -0.39 is 57.2 Å². The van der Waals surface area contributed by atoms with Gasteiger partial charge in [-0.3, -0.25) is 29.8 Å². The first-order valence-corrected chi connectivity index (χ1v) is 16.8. The Morgan fingerprint density at radius 2 is 1.69 bits per heavy atom. The number of halogens is 2. The Morgan fingerprint density at radius 3 is 2.35 bits per heavy atom. The second-order valence-corrected chi connectivity index (χ2v) is 12.7. The highest BCUT2D eigenvalue weighted by Crippen LogP contribution is 2.42. The van der Waals surface area contributed by atoms with Crippen LogP contribution >= 0.6 is 31.5 Å². The van der Waals surface area contributed by atoms with E-state index >= 15 is 0 Å². The van der Waals surface area contributed by atoms with E-state index in [1.54, 1.807) is 42.5 Å². The van der Waals surface area contributed by atoms with Gasteiger partial charge < -0.3 is 33.3 Å². The number of carboxylic acids is 1. The van der Waals surface area contributed by atoms with Crippen molar-refractivity contribution in [3.63, 3.8) is 0 Å². The van der Waals surface area contributed by atoms with Crippen molar-refractivity contribution >= 4 is 72.2 Å². The Kier molecular flexibility index (Phi) is 15.0. The number of aromatic nitrogens is 1. The molecule has 0 spiro atoms. The highest BCUT2D eigenvalue weighted by molar-refractivity contribution is 7.56. The van der Waals surface area contributed by atoms with Crippen molar-refractivity contribution in [3.8, 4) is 23.0 Å². The van der Waals surface area contributed by atoms with Crippen LogP contribution in [-0.4, -0.2) is 74.0 Å². The van der Waals surface area contributed by atoms with Crippen molar-refractivity contribution in [2.24, 2.45) is 0 Å². The number of carbonyl (C=O) groups is 4. The van der Waals surface area contributed by atoms with Gasteiger partial charge in [0.05, 0.1) is 35.5 Å². The smallest absolute Gasteiger partial charge is 0.417 e. The number of benzene rings is 3. The minimum absolute atomic E-state index is 0. The van der Waals surface area contributed by atoms with Gasteiger partial charge in [-0.2, -0.15) is 0 Å². The molecule has 0 saturated carbocycles. The Morgan fingerprint density at radius 1 is 0.941 bits per heavy atom. The fraction of sp³-hybridized carbons (Fsp3) is 0.219. The van der Waals surface area contributed by atoms with Gasteiger partial charge in [-0.1, -0.05) is 29.8 Å². The van der Waals surface area contributed by atoms with Crippen molar-refractivity contribution in [3.05, 3.63) is 83.5 Å². The predicted octanol–water partition coefficient (Wildman–Crippen LogP) is 6.46. The number of aliphatic carboxylic acids is 1. The molecule has 0 bridgehead atoms. The number of carboxylic acid groups (broad SMARTS) is 1. The first kappa shape index (κ1) is 40.5. The molecule has 4 aromatic rings. The molecule has 272 valence electrons. The third-order valence-corrected chi connectivity index (χ3v) is 8.81. The summed E-state index contributed by atoms with van der Waals surface area (Å²) in [5.41, 5.74) is 0.613. The van der Waals surface area contributed by atoms with Gasteiger partial charge in [-0.05, 0) is 43.3 Å². The lowest BCUT2D eigenvalue weighted by Crippen LogP contribution is -2.34. The maximum Gasteiger partial charge on any atom is 0.417 e. The molecule has 0 fully saturated rings. The Bertz CT molecular complexity index is 1920. The normalized spacial score (nSPS) is 12.4.